The zero-order valence-corrected chi connectivity index (χ0v) is 14.6. The number of Topliss-reactive ketones (excluding diaryl/α,β-unsaturated/α-hetero) is 1. The smallest absolute Gasteiger partial charge is 0.337 e. The number of fused-ring (bicyclic) bond motifs is 1. The Morgan fingerprint density at radius 1 is 1.04 bits per heavy atom. The van der Waals surface area contributed by atoms with Gasteiger partial charge in [0, 0.05) is 12.6 Å². The molecule has 0 fully saturated rings. The van der Waals surface area contributed by atoms with Crippen LogP contribution in [0.15, 0.2) is 52.4 Å². The van der Waals surface area contributed by atoms with Gasteiger partial charge in [-0.3, -0.25) is 15.0 Å². The topological polar surface area (TPSA) is 157 Å². The minimum Gasteiger partial charge on any atom is -0.478 e. The molecule has 10 heteroatoms. The van der Waals surface area contributed by atoms with Crippen LogP contribution in [-0.4, -0.2) is 38.4 Å². The van der Waals surface area contributed by atoms with Gasteiger partial charge in [-0.25, -0.2) is 9.59 Å². The molecule has 0 spiro atoms. The molecular weight excluding hydrogens is 366 g/mol. The molecule has 0 aliphatic heterocycles. The maximum atomic E-state index is 12.4. The molecule has 0 aliphatic carbocycles. The molecule has 0 saturated carbocycles. The zero-order chi connectivity index (χ0) is 20.3. The SMILES string of the molecule is CC(=O)/C(=N/Nc1ccccc1C(=O)O)C(=O)Nc1ccc2[nH]c(=O)[nH]c2c1. The number of benzene rings is 2. The van der Waals surface area contributed by atoms with Gasteiger partial charge in [0.1, 0.15) is 0 Å². The molecule has 1 amide bonds. The van der Waals surface area contributed by atoms with Gasteiger partial charge in [0.15, 0.2) is 11.5 Å². The van der Waals surface area contributed by atoms with Crippen LogP contribution in [0, 0.1) is 0 Å². The van der Waals surface area contributed by atoms with Crippen LogP contribution in [0.25, 0.3) is 11.0 Å². The molecule has 2 aromatic carbocycles. The molecule has 3 aromatic rings. The summed E-state index contributed by atoms with van der Waals surface area (Å²) < 4.78 is 0. The Hall–Kier alpha value is -4.21. The third-order valence-corrected chi connectivity index (χ3v) is 3.77. The molecule has 5 N–H and O–H groups in total. The predicted molar refractivity (Wildman–Crippen MR) is 103 cm³/mol. The van der Waals surface area contributed by atoms with Gasteiger partial charge in [0.05, 0.1) is 22.3 Å². The Bertz CT molecular complexity index is 1170. The third kappa shape index (κ3) is 3.96. The number of carboxylic acid groups (broad SMARTS) is 1. The van der Waals surface area contributed by atoms with Gasteiger partial charge >= 0.3 is 11.7 Å². The van der Waals surface area contributed by atoms with Gasteiger partial charge in [-0.1, -0.05) is 12.1 Å². The van der Waals surface area contributed by atoms with Crippen LogP contribution in [0.1, 0.15) is 17.3 Å². The number of aromatic amines is 2. The van der Waals surface area contributed by atoms with Crippen molar-refractivity contribution in [3.8, 4) is 0 Å². The van der Waals surface area contributed by atoms with E-state index >= 15 is 0 Å². The molecule has 3 rings (SSSR count). The number of H-pyrrole nitrogens is 2. The first-order valence-corrected chi connectivity index (χ1v) is 8.05. The summed E-state index contributed by atoms with van der Waals surface area (Å²) in [5.41, 5.74) is 3.09. The van der Waals surface area contributed by atoms with Crippen molar-refractivity contribution in [3.05, 3.63) is 58.5 Å². The highest BCUT2D eigenvalue weighted by atomic mass is 16.4. The molecule has 1 aromatic heterocycles. The number of imidazole rings is 1. The zero-order valence-electron chi connectivity index (χ0n) is 14.6. The summed E-state index contributed by atoms with van der Waals surface area (Å²) in [4.78, 5) is 51.9. The minimum absolute atomic E-state index is 0.0589. The second-order valence-corrected chi connectivity index (χ2v) is 5.77. The van der Waals surface area contributed by atoms with Crippen molar-refractivity contribution in [2.45, 2.75) is 6.92 Å². The fraction of sp³-hybridized carbons (Fsp3) is 0.0556. The van der Waals surface area contributed by atoms with Crippen molar-refractivity contribution in [2.75, 3.05) is 10.7 Å². The number of hydrogen-bond acceptors (Lipinski definition) is 6. The number of nitrogens with one attached hydrogen (secondary N) is 4. The van der Waals surface area contributed by atoms with E-state index in [9.17, 15) is 19.2 Å². The number of carboxylic acids is 1. The van der Waals surface area contributed by atoms with E-state index in [0.29, 0.717) is 16.7 Å². The van der Waals surface area contributed by atoms with E-state index in [-0.39, 0.29) is 16.9 Å². The first-order valence-electron chi connectivity index (χ1n) is 8.05. The van der Waals surface area contributed by atoms with Gasteiger partial charge in [-0.05, 0) is 30.3 Å². The van der Waals surface area contributed by atoms with Crippen LogP contribution in [0.2, 0.25) is 0 Å². The Labute approximate surface area is 157 Å². The number of carbonyl (C=O) groups excluding carboxylic acids is 2. The summed E-state index contributed by atoms with van der Waals surface area (Å²) in [6, 6.07) is 10.6. The lowest BCUT2D eigenvalue weighted by Crippen LogP contribution is -2.29. The van der Waals surface area contributed by atoms with E-state index in [0.717, 1.165) is 6.92 Å². The largest absolute Gasteiger partial charge is 0.478 e. The highest BCUT2D eigenvalue weighted by molar-refractivity contribution is 6.67. The number of rotatable bonds is 6. The second kappa shape index (κ2) is 7.58. The molecular formula is C18H15N5O5. The molecule has 0 saturated heterocycles. The number of carbonyl (C=O) groups is 3. The van der Waals surface area contributed by atoms with Crippen molar-refractivity contribution in [1.29, 1.82) is 0 Å². The second-order valence-electron chi connectivity index (χ2n) is 5.77. The Balaban J connectivity index is 1.83. The number of aromatic carboxylic acids is 1. The first kappa shape index (κ1) is 18.6. The van der Waals surface area contributed by atoms with Crippen LogP contribution in [-0.2, 0) is 9.59 Å². The van der Waals surface area contributed by atoms with E-state index in [1.165, 1.54) is 18.2 Å². The average Bonchev–Trinajstić information content (AvgIpc) is 3.01. The van der Waals surface area contributed by atoms with Gasteiger partial charge < -0.3 is 20.4 Å². The first-order chi connectivity index (χ1) is 13.3. The van der Waals surface area contributed by atoms with E-state index < -0.39 is 23.4 Å². The quantitative estimate of drug-likeness (QED) is 0.248. The van der Waals surface area contributed by atoms with Crippen LogP contribution in [0.4, 0.5) is 11.4 Å². The van der Waals surface area contributed by atoms with Crippen LogP contribution < -0.4 is 16.4 Å². The summed E-state index contributed by atoms with van der Waals surface area (Å²) >= 11 is 0. The van der Waals surface area contributed by atoms with Gasteiger partial charge in [-0.2, -0.15) is 5.10 Å². The van der Waals surface area contributed by atoms with Crippen molar-refractivity contribution in [3.63, 3.8) is 0 Å². The average molecular weight is 381 g/mol. The molecule has 1 heterocycles. The predicted octanol–water partition coefficient (Wildman–Crippen LogP) is 1.55. The van der Waals surface area contributed by atoms with Crippen LogP contribution >= 0.6 is 0 Å². The Kier molecular flexibility index (Phi) is 5.03. The fourth-order valence-corrected chi connectivity index (χ4v) is 2.47. The highest BCUT2D eigenvalue weighted by Crippen LogP contribution is 2.16. The van der Waals surface area contributed by atoms with Crippen molar-refractivity contribution in [2.24, 2.45) is 5.10 Å². The van der Waals surface area contributed by atoms with Gasteiger partial charge in [-0.15, -0.1) is 0 Å². The molecule has 0 aliphatic rings. The normalized spacial score (nSPS) is 11.2. The number of aromatic nitrogens is 2. The van der Waals surface area contributed by atoms with Gasteiger partial charge in [0.25, 0.3) is 5.91 Å². The summed E-state index contributed by atoms with van der Waals surface area (Å²) in [7, 11) is 0. The number of hydrogen-bond donors (Lipinski definition) is 5. The molecule has 0 unspecified atom stereocenters. The molecule has 0 radical (unpaired) electrons. The molecule has 10 nitrogen and oxygen atoms in total. The summed E-state index contributed by atoms with van der Waals surface area (Å²) in [6.07, 6.45) is 0. The maximum absolute atomic E-state index is 12.4. The van der Waals surface area contributed by atoms with Crippen molar-refractivity contribution >= 4 is 45.8 Å². The van der Waals surface area contributed by atoms with E-state index in [1.54, 1.807) is 24.3 Å². The standard InChI is InChI=1S/C18H15N5O5/c1-9(24)15(23-22-12-5-3-2-4-11(12)17(26)27)16(25)19-10-6-7-13-14(8-10)21-18(28)20-13/h2-8,22H,1H3,(H,19,25)(H,26,27)(H2,20,21,28)/b23-15-. The number of anilines is 2. The molecule has 0 atom stereocenters. The fourth-order valence-electron chi connectivity index (χ4n) is 2.47. The van der Waals surface area contributed by atoms with Crippen LogP contribution in [0.5, 0.6) is 0 Å². The van der Waals surface area contributed by atoms with Gasteiger partial charge in [0.2, 0.25) is 0 Å². The number of hydrazone groups is 1. The van der Waals surface area contributed by atoms with Crippen molar-refractivity contribution < 1.29 is 19.5 Å². The lowest BCUT2D eigenvalue weighted by molar-refractivity contribution is -0.114. The Morgan fingerprint density at radius 3 is 2.46 bits per heavy atom. The lowest BCUT2D eigenvalue weighted by Gasteiger charge is -2.08. The van der Waals surface area contributed by atoms with E-state index in [4.69, 9.17) is 5.11 Å². The molecule has 28 heavy (non-hydrogen) atoms. The highest BCUT2D eigenvalue weighted by Gasteiger charge is 2.18. The number of nitrogens with zero attached hydrogens (tertiary/aromatic N) is 1. The number of amides is 1. The van der Waals surface area contributed by atoms with Crippen LogP contribution in [0.3, 0.4) is 0 Å². The molecule has 0 bridgehead atoms. The number of ketones is 1. The Morgan fingerprint density at radius 2 is 1.75 bits per heavy atom. The molecule has 142 valence electrons. The summed E-state index contributed by atoms with van der Waals surface area (Å²) in [5.74, 6) is -2.58. The monoisotopic (exact) mass is 381 g/mol. The van der Waals surface area contributed by atoms with E-state index in [1.807, 2.05) is 0 Å². The summed E-state index contributed by atoms with van der Waals surface area (Å²) in [5, 5.41) is 15.5. The maximum Gasteiger partial charge on any atom is 0.337 e. The van der Waals surface area contributed by atoms with E-state index in [2.05, 4.69) is 25.8 Å². The lowest BCUT2D eigenvalue weighted by atomic mass is 10.2. The number of para-hydroxylation sites is 1. The summed E-state index contributed by atoms with van der Waals surface area (Å²) in [6.45, 7) is 1.16. The van der Waals surface area contributed by atoms with Crippen molar-refractivity contribution in [1.82, 2.24) is 9.97 Å². The minimum atomic E-state index is -1.18. The third-order valence-electron chi connectivity index (χ3n) is 3.77.